The van der Waals surface area contributed by atoms with E-state index >= 15 is 0 Å². The molecule has 0 saturated heterocycles. The zero-order valence-electron chi connectivity index (χ0n) is 20.2. The molecule has 0 saturated carbocycles. The lowest BCUT2D eigenvalue weighted by molar-refractivity contribution is 0.00474. The molecule has 4 nitrogen and oxygen atoms in total. The van der Waals surface area contributed by atoms with E-state index < -0.39 is 11.9 Å². The molecule has 1 aromatic rings. The number of carbonyl (C=O) groups excluding carboxylic acids is 2. The van der Waals surface area contributed by atoms with Crippen molar-refractivity contribution in [1.29, 1.82) is 0 Å². The first-order valence-electron chi connectivity index (χ1n) is 11.6. The van der Waals surface area contributed by atoms with Crippen molar-refractivity contribution in [2.45, 2.75) is 93.3 Å². The van der Waals surface area contributed by atoms with Gasteiger partial charge in [-0.05, 0) is 48.6 Å². The number of esters is 2. The molecule has 0 heterocycles. The predicted molar refractivity (Wildman–Crippen MR) is 123 cm³/mol. The fraction of sp³-hybridized carbons (Fsp3) is 0.692. The first-order valence-corrected chi connectivity index (χ1v) is 11.6. The van der Waals surface area contributed by atoms with E-state index in [4.69, 9.17) is 9.47 Å². The molecule has 0 amide bonds. The summed E-state index contributed by atoms with van der Waals surface area (Å²) in [6.07, 6.45) is 3.14. The van der Waals surface area contributed by atoms with E-state index in [0.29, 0.717) is 11.8 Å². The Bertz CT molecular complexity index is 608. The SMILES string of the molecule is CCC(C)C(CC(C)C)OC(=O)c1ccccc1C(=O)OC(CC(C)C)C(C)CC. The van der Waals surface area contributed by atoms with E-state index in [-0.39, 0.29) is 35.2 Å². The van der Waals surface area contributed by atoms with Crippen LogP contribution in [0.5, 0.6) is 0 Å². The monoisotopic (exact) mass is 418 g/mol. The predicted octanol–water partition coefficient (Wildman–Crippen LogP) is 6.92. The Morgan fingerprint density at radius 3 is 1.30 bits per heavy atom. The highest BCUT2D eigenvalue weighted by atomic mass is 16.6. The van der Waals surface area contributed by atoms with Crippen LogP contribution in [0, 0.1) is 23.7 Å². The Morgan fingerprint density at radius 2 is 1.03 bits per heavy atom. The van der Waals surface area contributed by atoms with Crippen molar-refractivity contribution in [2.24, 2.45) is 23.7 Å². The van der Waals surface area contributed by atoms with Crippen LogP contribution in [-0.4, -0.2) is 24.1 Å². The minimum absolute atomic E-state index is 0.166. The third-order valence-electron chi connectivity index (χ3n) is 5.85. The molecule has 0 N–H and O–H groups in total. The van der Waals surface area contributed by atoms with Gasteiger partial charge in [0, 0.05) is 0 Å². The molecule has 170 valence electrons. The number of ether oxygens (including phenoxy) is 2. The van der Waals surface area contributed by atoms with Crippen LogP contribution < -0.4 is 0 Å². The van der Waals surface area contributed by atoms with Crippen LogP contribution in [-0.2, 0) is 9.47 Å². The van der Waals surface area contributed by atoms with Crippen LogP contribution in [0.1, 0.15) is 102 Å². The van der Waals surface area contributed by atoms with Crippen LogP contribution in [0.3, 0.4) is 0 Å². The van der Waals surface area contributed by atoms with Gasteiger partial charge in [-0.1, -0.05) is 80.4 Å². The Kier molecular flexibility index (Phi) is 11.1. The molecule has 0 aliphatic carbocycles. The molecule has 0 bridgehead atoms. The van der Waals surface area contributed by atoms with Crippen molar-refractivity contribution in [3.05, 3.63) is 35.4 Å². The summed E-state index contributed by atoms with van der Waals surface area (Å²) < 4.78 is 11.8. The summed E-state index contributed by atoms with van der Waals surface area (Å²) in [5.74, 6) is 0.469. The smallest absolute Gasteiger partial charge is 0.339 e. The largest absolute Gasteiger partial charge is 0.458 e. The molecule has 1 rings (SSSR count). The van der Waals surface area contributed by atoms with E-state index in [2.05, 4.69) is 55.4 Å². The van der Waals surface area contributed by atoms with Crippen LogP contribution in [0.4, 0.5) is 0 Å². The average Bonchev–Trinajstić information content (AvgIpc) is 2.70. The van der Waals surface area contributed by atoms with Gasteiger partial charge in [0.15, 0.2) is 0 Å². The van der Waals surface area contributed by atoms with Gasteiger partial charge in [-0.2, -0.15) is 0 Å². The Labute approximate surface area is 183 Å². The zero-order chi connectivity index (χ0) is 22.8. The molecular formula is C26H42O4. The standard InChI is InChI=1S/C26H42O4/c1-9-19(7)23(15-17(3)4)29-25(27)21-13-11-12-14-22(21)26(28)30-24(16-18(5)6)20(8)10-2/h11-14,17-20,23-24H,9-10,15-16H2,1-8H3. The number of carbonyl (C=O) groups is 2. The molecular weight excluding hydrogens is 376 g/mol. The average molecular weight is 419 g/mol. The van der Waals surface area contributed by atoms with Crippen molar-refractivity contribution in [3.8, 4) is 0 Å². The maximum Gasteiger partial charge on any atom is 0.339 e. The van der Waals surface area contributed by atoms with Crippen LogP contribution >= 0.6 is 0 Å². The van der Waals surface area contributed by atoms with Crippen molar-refractivity contribution >= 4 is 11.9 Å². The summed E-state index contributed by atoms with van der Waals surface area (Å²) in [6.45, 7) is 16.9. The number of benzene rings is 1. The van der Waals surface area contributed by atoms with Gasteiger partial charge in [-0.15, -0.1) is 0 Å². The molecule has 0 spiro atoms. The number of hydrogen-bond donors (Lipinski definition) is 0. The van der Waals surface area contributed by atoms with Gasteiger partial charge in [-0.3, -0.25) is 0 Å². The third kappa shape index (κ3) is 8.12. The quantitative estimate of drug-likeness (QED) is 0.346. The van der Waals surface area contributed by atoms with Crippen LogP contribution in [0.25, 0.3) is 0 Å². The molecule has 4 unspecified atom stereocenters. The zero-order valence-corrected chi connectivity index (χ0v) is 20.2. The van der Waals surface area contributed by atoms with E-state index in [1.165, 1.54) is 0 Å². The van der Waals surface area contributed by atoms with Gasteiger partial charge in [0.05, 0.1) is 11.1 Å². The second-order valence-corrected chi connectivity index (χ2v) is 9.46. The molecule has 0 aromatic heterocycles. The number of hydrogen-bond acceptors (Lipinski definition) is 4. The van der Waals surface area contributed by atoms with Gasteiger partial charge in [-0.25, -0.2) is 9.59 Å². The van der Waals surface area contributed by atoms with Crippen LogP contribution in [0.2, 0.25) is 0 Å². The molecule has 4 atom stereocenters. The summed E-state index contributed by atoms with van der Waals surface area (Å²) in [5, 5.41) is 0. The van der Waals surface area contributed by atoms with Gasteiger partial charge < -0.3 is 9.47 Å². The summed E-state index contributed by atoms with van der Waals surface area (Å²) >= 11 is 0. The molecule has 0 radical (unpaired) electrons. The lowest BCUT2D eigenvalue weighted by Gasteiger charge is -2.26. The molecule has 30 heavy (non-hydrogen) atoms. The second kappa shape index (κ2) is 12.8. The van der Waals surface area contributed by atoms with Gasteiger partial charge in [0.1, 0.15) is 12.2 Å². The fourth-order valence-electron chi connectivity index (χ4n) is 3.49. The molecule has 0 aliphatic rings. The minimum atomic E-state index is -0.447. The highest BCUT2D eigenvalue weighted by molar-refractivity contribution is 6.03. The van der Waals surface area contributed by atoms with E-state index in [0.717, 1.165) is 25.7 Å². The topological polar surface area (TPSA) is 52.6 Å². The number of rotatable bonds is 12. The van der Waals surface area contributed by atoms with Crippen LogP contribution in [0.15, 0.2) is 24.3 Å². The lowest BCUT2D eigenvalue weighted by atomic mass is 9.93. The van der Waals surface area contributed by atoms with Crippen molar-refractivity contribution in [3.63, 3.8) is 0 Å². The maximum atomic E-state index is 13.0. The molecule has 4 heteroatoms. The highest BCUT2D eigenvalue weighted by Crippen LogP contribution is 2.24. The minimum Gasteiger partial charge on any atom is -0.458 e. The second-order valence-electron chi connectivity index (χ2n) is 9.46. The Morgan fingerprint density at radius 1 is 0.700 bits per heavy atom. The van der Waals surface area contributed by atoms with E-state index in [1.54, 1.807) is 24.3 Å². The third-order valence-corrected chi connectivity index (χ3v) is 5.85. The fourth-order valence-corrected chi connectivity index (χ4v) is 3.49. The van der Waals surface area contributed by atoms with Crippen molar-refractivity contribution < 1.29 is 19.1 Å². The summed E-state index contributed by atoms with van der Waals surface area (Å²) in [4.78, 5) is 26.0. The van der Waals surface area contributed by atoms with Gasteiger partial charge in [0.2, 0.25) is 0 Å². The first-order chi connectivity index (χ1) is 14.1. The van der Waals surface area contributed by atoms with E-state index in [9.17, 15) is 9.59 Å². The highest BCUT2D eigenvalue weighted by Gasteiger charge is 2.28. The summed E-state index contributed by atoms with van der Waals surface area (Å²) in [5.41, 5.74) is 0.569. The molecule has 1 aromatic carbocycles. The Hall–Kier alpha value is -1.84. The normalized spacial score (nSPS) is 15.5. The molecule has 0 aliphatic heterocycles. The van der Waals surface area contributed by atoms with Crippen molar-refractivity contribution in [2.75, 3.05) is 0 Å². The summed E-state index contributed by atoms with van der Waals surface area (Å²) in [7, 11) is 0. The van der Waals surface area contributed by atoms with Gasteiger partial charge >= 0.3 is 11.9 Å². The molecule has 0 fully saturated rings. The summed E-state index contributed by atoms with van der Waals surface area (Å²) in [6, 6.07) is 6.83. The maximum absolute atomic E-state index is 13.0. The Balaban J connectivity index is 3.06. The van der Waals surface area contributed by atoms with E-state index in [1.807, 2.05) is 0 Å². The first kappa shape index (κ1) is 26.2. The lowest BCUT2D eigenvalue weighted by Crippen LogP contribution is -2.29. The van der Waals surface area contributed by atoms with Crippen molar-refractivity contribution in [1.82, 2.24) is 0 Å². The van der Waals surface area contributed by atoms with Gasteiger partial charge in [0.25, 0.3) is 0 Å².